The standard InChI is InChI=1S/C13H10ClFN2O3/c1-19-13(18)8-5-7(8)12-16-11(17-20-12)6-3-2-4-9(14)10(6)15/h2-4,7-8H,5H2,1H3/t7-,8+/m0/s1. The van der Waals surface area contributed by atoms with Crippen molar-refractivity contribution >= 4 is 17.6 Å². The molecule has 1 aromatic carbocycles. The monoisotopic (exact) mass is 296 g/mol. The van der Waals surface area contributed by atoms with Crippen molar-refractivity contribution in [3.8, 4) is 11.4 Å². The van der Waals surface area contributed by atoms with Gasteiger partial charge in [0.25, 0.3) is 0 Å². The van der Waals surface area contributed by atoms with Crippen LogP contribution in [0.4, 0.5) is 4.39 Å². The number of nitrogens with zero attached hydrogens (tertiary/aromatic N) is 2. The Morgan fingerprint density at radius 3 is 3.10 bits per heavy atom. The Labute approximate surface area is 118 Å². The minimum absolute atomic E-state index is 0.00675. The molecule has 0 amide bonds. The summed E-state index contributed by atoms with van der Waals surface area (Å²) in [5.41, 5.74) is 0.169. The van der Waals surface area contributed by atoms with Crippen LogP contribution in [0, 0.1) is 11.7 Å². The summed E-state index contributed by atoms with van der Waals surface area (Å²) in [6.45, 7) is 0. The van der Waals surface area contributed by atoms with Gasteiger partial charge in [0.15, 0.2) is 5.82 Å². The number of rotatable bonds is 3. The minimum Gasteiger partial charge on any atom is -0.469 e. The summed E-state index contributed by atoms with van der Waals surface area (Å²) in [6.07, 6.45) is 0.604. The molecule has 1 aliphatic carbocycles. The van der Waals surface area contributed by atoms with Gasteiger partial charge in [0.1, 0.15) is 0 Å². The van der Waals surface area contributed by atoms with Crippen molar-refractivity contribution in [2.75, 3.05) is 7.11 Å². The van der Waals surface area contributed by atoms with Crippen molar-refractivity contribution in [3.63, 3.8) is 0 Å². The largest absolute Gasteiger partial charge is 0.469 e. The first kappa shape index (κ1) is 13.1. The number of aromatic nitrogens is 2. The van der Waals surface area contributed by atoms with Gasteiger partial charge in [-0.05, 0) is 18.6 Å². The number of ether oxygens (including phenoxy) is 1. The number of methoxy groups -OCH3 is 1. The minimum atomic E-state index is -0.596. The number of hydrogen-bond donors (Lipinski definition) is 0. The van der Waals surface area contributed by atoms with Gasteiger partial charge in [-0.1, -0.05) is 22.8 Å². The molecule has 0 N–H and O–H groups in total. The van der Waals surface area contributed by atoms with Crippen LogP contribution < -0.4 is 0 Å². The van der Waals surface area contributed by atoms with Crippen molar-refractivity contribution < 1.29 is 18.4 Å². The van der Waals surface area contributed by atoms with E-state index < -0.39 is 5.82 Å². The third kappa shape index (κ3) is 2.16. The molecule has 104 valence electrons. The third-order valence-electron chi connectivity index (χ3n) is 3.25. The van der Waals surface area contributed by atoms with Gasteiger partial charge >= 0.3 is 5.97 Å². The highest BCUT2D eigenvalue weighted by molar-refractivity contribution is 6.31. The first-order valence-electron chi connectivity index (χ1n) is 5.97. The molecule has 1 aromatic heterocycles. The molecule has 0 spiro atoms. The fraction of sp³-hybridized carbons (Fsp3) is 0.308. The van der Waals surface area contributed by atoms with Crippen LogP contribution in [0.15, 0.2) is 22.7 Å². The van der Waals surface area contributed by atoms with E-state index in [0.29, 0.717) is 12.3 Å². The molecule has 1 heterocycles. The Kier molecular flexibility index (Phi) is 3.17. The van der Waals surface area contributed by atoms with Crippen LogP contribution >= 0.6 is 11.6 Å². The van der Waals surface area contributed by atoms with E-state index in [1.807, 2.05) is 0 Å². The van der Waals surface area contributed by atoms with Gasteiger partial charge < -0.3 is 9.26 Å². The van der Waals surface area contributed by atoms with Gasteiger partial charge in [-0.15, -0.1) is 0 Å². The molecule has 20 heavy (non-hydrogen) atoms. The van der Waals surface area contributed by atoms with E-state index in [1.54, 1.807) is 6.07 Å². The average molecular weight is 297 g/mol. The van der Waals surface area contributed by atoms with Crippen LogP contribution in [0.1, 0.15) is 18.2 Å². The van der Waals surface area contributed by atoms with Crippen LogP contribution in [0.25, 0.3) is 11.4 Å². The normalized spacial score (nSPS) is 20.8. The Morgan fingerprint density at radius 1 is 1.55 bits per heavy atom. The molecule has 1 fully saturated rings. The molecule has 0 bridgehead atoms. The van der Waals surface area contributed by atoms with E-state index >= 15 is 0 Å². The molecule has 7 heteroatoms. The number of carbonyl (C=O) groups is 1. The maximum Gasteiger partial charge on any atom is 0.309 e. The number of benzene rings is 1. The highest BCUT2D eigenvalue weighted by Gasteiger charge is 2.48. The predicted octanol–water partition coefficient (Wildman–Crippen LogP) is 2.81. The summed E-state index contributed by atoms with van der Waals surface area (Å²) in [5.74, 6) is -0.862. The van der Waals surface area contributed by atoms with Crippen LogP contribution in [0.2, 0.25) is 5.02 Å². The molecule has 5 nitrogen and oxygen atoms in total. The molecule has 0 aliphatic heterocycles. The lowest BCUT2D eigenvalue weighted by atomic mass is 10.2. The highest BCUT2D eigenvalue weighted by Crippen LogP contribution is 2.47. The maximum atomic E-state index is 13.8. The lowest BCUT2D eigenvalue weighted by Crippen LogP contribution is -2.03. The lowest BCUT2D eigenvalue weighted by Gasteiger charge is -1.98. The number of halogens is 2. The average Bonchev–Trinajstić information content (AvgIpc) is 3.11. The summed E-state index contributed by atoms with van der Waals surface area (Å²) in [6, 6.07) is 4.56. The first-order valence-corrected chi connectivity index (χ1v) is 6.35. The maximum absolute atomic E-state index is 13.8. The first-order chi connectivity index (χ1) is 9.61. The van der Waals surface area contributed by atoms with Crippen LogP contribution in [0.5, 0.6) is 0 Å². The summed E-state index contributed by atoms with van der Waals surface area (Å²) >= 11 is 5.71. The molecular weight excluding hydrogens is 287 g/mol. The van der Waals surface area contributed by atoms with Crippen molar-refractivity contribution in [1.82, 2.24) is 10.1 Å². The van der Waals surface area contributed by atoms with Crippen molar-refractivity contribution in [2.45, 2.75) is 12.3 Å². The van der Waals surface area contributed by atoms with Gasteiger partial charge in [-0.25, -0.2) is 4.39 Å². The fourth-order valence-electron chi connectivity index (χ4n) is 2.05. The van der Waals surface area contributed by atoms with E-state index in [-0.39, 0.29) is 34.2 Å². The van der Waals surface area contributed by atoms with Crippen molar-refractivity contribution in [3.05, 3.63) is 34.9 Å². The zero-order chi connectivity index (χ0) is 14.3. The van der Waals surface area contributed by atoms with Gasteiger partial charge in [-0.2, -0.15) is 4.98 Å². The van der Waals surface area contributed by atoms with E-state index in [9.17, 15) is 9.18 Å². The second-order valence-electron chi connectivity index (χ2n) is 4.53. The quantitative estimate of drug-likeness (QED) is 0.815. The SMILES string of the molecule is COC(=O)[C@@H]1C[C@@H]1c1nc(-c2cccc(Cl)c2F)no1. The third-order valence-corrected chi connectivity index (χ3v) is 3.54. The van der Waals surface area contributed by atoms with E-state index in [4.69, 9.17) is 16.1 Å². The second kappa shape index (κ2) is 4.86. The Bertz CT molecular complexity index is 673. The molecule has 1 aliphatic rings. The topological polar surface area (TPSA) is 65.2 Å². The summed E-state index contributed by atoms with van der Waals surface area (Å²) in [7, 11) is 1.33. The second-order valence-corrected chi connectivity index (χ2v) is 4.94. The highest BCUT2D eigenvalue weighted by atomic mass is 35.5. The zero-order valence-electron chi connectivity index (χ0n) is 10.5. The molecule has 2 atom stereocenters. The van der Waals surface area contributed by atoms with Crippen LogP contribution in [-0.4, -0.2) is 23.2 Å². The van der Waals surface area contributed by atoms with Crippen LogP contribution in [-0.2, 0) is 9.53 Å². The molecule has 2 aromatic rings. The Balaban J connectivity index is 1.85. The predicted molar refractivity (Wildman–Crippen MR) is 67.6 cm³/mol. The van der Waals surface area contributed by atoms with Crippen molar-refractivity contribution in [2.24, 2.45) is 5.92 Å². The number of esters is 1. The van der Waals surface area contributed by atoms with E-state index in [2.05, 4.69) is 14.9 Å². The number of carbonyl (C=O) groups excluding carboxylic acids is 1. The van der Waals surface area contributed by atoms with Crippen molar-refractivity contribution in [1.29, 1.82) is 0 Å². The smallest absolute Gasteiger partial charge is 0.309 e. The van der Waals surface area contributed by atoms with E-state index in [0.717, 1.165) is 0 Å². The molecule has 0 radical (unpaired) electrons. The molecule has 1 saturated carbocycles. The summed E-state index contributed by atoms with van der Waals surface area (Å²) < 4.78 is 23.6. The number of hydrogen-bond acceptors (Lipinski definition) is 5. The molecule has 0 saturated heterocycles. The van der Waals surface area contributed by atoms with Gasteiger partial charge in [0, 0.05) is 0 Å². The Hall–Kier alpha value is -1.95. The van der Waals surface area contributed by atoms with Gasteiger partial charge in [0.2, 0.25) is 11.7 Å². The van der Waals surface area contributed by atoms with E-state index in [1.165, 1.54) is 19.2 Å². The molecule has 0 unspecified atom stereocenters. The van der Waals surface area contributed by atoms with Gasteiger partial charge in [0.05, 0.1) is 29.5 Å². The Morgan fingerprint density at radius 2 is 2.35 bits per heavy atom. The summed E-state index contributed by atoms with van der Waals surface area (Å²) in [5, 5.41) is 3.73. The summed E-state index contributed by atoms with van der Waals surface area (Å²) in [4.78, 5) is 15.5. The molecular formula is C13H10ClFN2O3. The fourth-order valence-corrected chi connectivity index (χ4v) is 2.23. The van der Waals surface area contributed by atoms with Gasteiger partial charge in [-0.3, -0.25) is 4.79 Å². The zero-order valence-corrected chi connectivity index (χ0v) is 11.2. The lowest BCUT2D eigenvalue weighted by molar-refractivity contribution is -0.142. The molecule has 3 rings (SSSR count). The van der Waals surface area contributed by atoms with Crippen LogP contribution in [0.3, 0.4) is 0 Å².